The molecule has 1 rings (SSSR count). The van der Waals surface area contributed by atoms with Gasteiger partial charge in [0.2, 0.25) is 0 Å². The number of aryl methyl sites for hydroxylation is 1. The van der Waals surface area contributed by atoms with Gasteiger partial charge >= 0.3 is 0 Å². The molecule has 0 aromatic carbocycles. The monoisotopic (exact) mass is 140 g/mol. The van der Waals surface area contributed by atoms with Crippen molar-refractivity contribution in [3.63, 3.8) is 0 Å². The van der Waals surface area contributed by atoms with Gasteiger partial charge in [0.25, 0.3) is 0 Å². The van der Waals surface area contributed by atoms with Gasteiger partial charge in [0.05, 0.1) is 12.6 Å². The zero-order valence-corrected chi connectivity index (χ0v) is 5.99. The smallest absolute Gasteiger partial charge is 0.0684 e. The third-order valence-electron chi connectivity index (χ3n) is 1.56. The van der Waals surface area contributed by atoms with E-state index in [9.17, 15) is 0 Å². The quantitative estimate of drug-likeness (QED) is 0.608. The predicted octanol–water partition coefficient (Wildman–Crippen LogP) is 0.0172. The van der Waals surface area contributed by atoms with Crippen molar-refractivity contribution < 1.29 is 5.11 Å². The average Bonchev–Trinajstić information content (AvgIpc) is 2.34. The van der Waals surface area contributed by atoms with Gasteiger partial charge in [0.1, 0.15) is 0 Å². The maximum absolute atomic E-state index is 8.69. The molecule has 3 N–H and O–H groups in total. The van der Waals surface area contributed by atoms with Crippen LogP contribution >= 0.6 is 0 Å². The molecule has 1 atom stereocenters. The summed E-state index contributed by atoms with van der Waals surface area (Å²) < 4.78 is 1.90. The van der Waals surface area contributed by atoms with Crippen molar-refractivity contribution in [2.45, 2.75) is 6.04 Å². The van der Waals surface area contributed by atoms with E-state index in [1.54, 1.807) is 0 Å². The molecule has 56 valence electrons. The third-order valence-corrected chi connectivity index (χ3v) is 1.56. The van der Waals surface area contributed by atoms with E-state index in [0.717, 1.165) is 5.69 Å². The van der Waals surface area contributed by atoms with Crippen LogP contribution in [0.2, 0.25) is 0 Å². The van der Waals surface area contributed by atoms with Crippen molar-refractivity contribution >= 4 is 0 Å². The van der Waals surface area contributed by atoms with Crippen molar-refractivity contribution in [3.05, 3.63) is 24.0 Å². The summed E-state index contributed by atoms with van der Waals surface area (Å²) in [6.07, 6.45) is 1.91. The number of aliphatic hydroxyl groups excluding tert-OH is 1. The number of hydrogen-bond acceptors (Lipinski definition) is 2. The van der Waals surface area contributed by atoms with Crippen molar-refractivity contribution in [3.8, 4) is 0 Å². The molecule has 3 heteroatoms. The first kappa shape index (κ1) is 7.31. The number of nitrogens with zero attached hydrogens (tertiary/aromatic N) is 1. The molecule has 0 bridgehead atoms. The maximum Gasteiger partial charge on any atom is 0.0684 e. The lowest BCUT2D eigenvalue weighted by molar-refractivity contribution is 0.264. The van der Waals surface area contributed by atoms with Crippen molar-refractivity contribution in [1.29, 1.82) is 0 Å². The van der Waals surface area contributed by atoms with E-state index >= 15 is 0 Å². The van der Waals surface area contributed by atoms with Gasteiger partial charge in [-0.3, -0.25) is 0 Å². The molecule has 1 aromatic rings. The van der Waals surface area contributed by atoms with Crippen LogP contribution in [-0.2, 0) is 7.05 Å². The number of hydrogen-bond donors (Lipinski definition) is 2. The number of nitrogens with two attached hydrogens (primary N) is 1. The Bertz CT molecular complexity index is 207. The lowest BCUT2D eigenvalue weighted by Crippen LogP contribution is -2.17. The first-order chi connectivity index (χ1) is 4.75. The molecule has 1 aromatic heterocycles. The molecule has 1 heterocycles. The highest BCUT2D eigenvalue weighted by Gasteiger charge is 2.05. The molecule has 0 saturated heterocycles. The largest absolute Gasteiger partial charge is 0.394 e. The summed E-state index contributed by atoms with van der Waals surface area (Å²) in [5.74, 6) is 0. The van der Waals surface area contributed by atoms with Gasteiger partial charge in [-0.25, -0.2) is 0 Å². The molecule has 0 aliphatic rings. The molecule has 3 nitrogen and oxygen atoms in total. The van der Waals surface area contributed by atoms with Gasteiger partial charge in [0, 0.05) is 18.9 Å². The van der Waals surface area contributed by atoms with Gasteiger partial charge in [-0.05, 0) is 12.1 Å². The number of aliphatic hydroxyl groups is 1. The molecule has 0 radical (unpaired) electrons. The van der Waals surface area contributed by atoms with E-state index in [-0.39, 0.29) is 12.6 Å². The van der Waals surface area contributed by atoms with E-state index in [2.05, 4.69) is 0 Å². The Morgan fingerprint density at radius 2 is 2.50 bits per heavy atom. The molecule has 0 aliphatic heterocycles. The second kappa shape index (κ2) is 2.86. The Morgan fingerprint density at radius 1 is 1.80 bits per heavy atom. The van der Waals surface area contributed by atoms with Crippen LogP contribution in [0.15, 0.2) is 18.3 Å². The van der Waals surface area contributed by atoms with Crippen molar-refractivity contribution in [1.82, 2.24) is 4.57 Å². The van der Waals surface area contributed by atoms with Gasteiger partial charge < -0.3 is 15.4 Å². The van der Waals surface area contributed by atoms with E-state index in [1.807, 2.05) is 29.9 Å². The van der Waals surface area contributed by atoms with Gasteiger partial charge in [-0.1, -0.05) is 0 Å². The van der Waals surface area contributed by atoms with Gasteiger partial charge in [-0.2, -0.15) is 0 Å². The Hall–Kier alpha value is -0.800. The molecule has 0 unspecified atom stereocenters. The highest BCUT2D eigenvalue weighted by molar-refractivity contribution is 5.10. The van der Waals surface area contributed by atoms with Crippen LogP contribution in [0.25, 0.3) is 0 Å². The molecule has 0 fully saturated rings. The molecule has 0 amide bonds. The van der Waals surface area contributed by atoms with Gasteiger partial charge in [0.15, 0.2) is 0 Å². The summed E-state index contributed by atoms with van der Waals surface area (Å²) >= 11 is 0. The van der Waals surface area contributed by atoms with Crippen molar-refractivity contribution in [2.75, 3.05) is 6.61 Å². The minimum atomic E-state index is -0.250. The Labute approximate surface area is 60.1 Å². The molecule has 0 spiro atoms. The van der Waals surface area contributed by atoms with E-state index in [1.165, 1.54) is 0 Å². The third kappa shape index (κ3) is 1.20. The Kier molecular flexibility index (Phi) is 2.09. The summed E-state index contributed by atoms with van der Waals surface area (Å²) in [7, 11) is 1.91. The zero-order chi connectivity index (χ0) is 7.56. The highest BCUT2D eigenvalue weighted by atomic mass is 16.3. The van der Waals surface area contributed by atoms with Crippen LogP contribution in [-0.4, -0.2) is 16.3 Å². The fourth-order valence-corrected chi connectivity index (χ4v) is 0.953. The number of rotatable bonds is 2. The van der Waals surface area contributed by atoms with Crippen LogP contribution in [0.4, 0.5) is 0 Å². The fraction of sp³-hybridized carbons (Fsp3) is 0.429. The lowest BCUT2D eigenvalue weighted by atomic mass is 10.2. The summed E-state index contributed by atoms with van der Waals surface area (Å²) in [6, 6.07) is 3.56. The van der Waals surface area contributed by atoms with Crippen LogP contribution < -0.4 is 5.73 Å². The fourth-order valence-electron chi connectivity index (χ4n) is 0.953. The summed E-state index contributed by atoms with van der Waals surface area (Å²) in [5, 5.41) is 8.69. The summed E-state index contributed by atoms with van der Waals surface area (Å²) in [5.41, 5.74) is 6.53. The molecule has 10 heavy (non-hydrogen) atoms. The van der Waals surface area contributed by atoms with Crippen LogP contribution in [0, 0.1) is 0 Å². The first-order valence-corrected chi connectivity index (χ1v) is 3.23. The minimum absolute atomic E-state index is 0.00213. The van der Waals surface area contributed by atoms with Crippen LogP contribution in [0.1, 0.15) is 11.7 Å². The number of aromatic nitrogens is 1. The highest BCUT2D eigenvalue weighted by Crippen LogP contribution is 2.07. The van der Waals surface area contributed by atoms with Gasteiger partial charge in [-0.15, -0.1) is 0 Å². The first-order valence-electron chi connectivity index (χ1n) is 3.23. The second-order valence-electron chi connectivity index (χ2n) is 2.33. The SMILES string of the molecule is Cn1cccc1[C@H](N)CO. The minimum Gasteiger partial charge on any atom is -0.394 e. The Morgan fingerprint density at radius 3 is 2.90 bits per heavy atom. The van der Waals surface area contributed by atoms with Crippen molar-refractivity contribution in [2.24, 2.45) is 12.8 Å². The molecule has 0 aliphatic carbocycles. The summed E-state index contributed by atoms with van der Waals surface area (Å²) in [6.45, 7) is -0.00213. The maximum atomic E-state index is 8.69. The lowest BCUT2D eigenvalue weighted by Gasteiger charge is -2.08. The average molecular weight is 140 g/mol. The van der Waals surface area contributed by atoms with Crippen LogP contribution in [0.5, 0.6) is 0 Å². The molecular weight excluding hydrogens is 128 g/mol. The predicted molar refractivity (Wildman–Crippen MR) is 39.4 cm³/mol. The second-order valence-corrected chi connectivity index (χ2v) is 2.33. The van der Waals surface area contributed by atoms with E-state index in [4.69, 9.17) is 10.8 Å². The standard InChI is InChI=1S/C7H12N2O/c1-9-4-2-3-7(9)6(8)5-10/h2-4,6,10H,5,8H2,1H3/t6-/m1/s1. The van der Waals surface area contributed by atoms with E-state index in [0.29, 0.717) is 0 Å². The van der Waals surface area contributed by atoms with Crippen LogP contribution in [0.3, 0.4) is 0 Å². The summed E-state index contributed by atoms with van der Waals surface area (Å²) in [4.78, 5) is 0. The molecular formula is C7H12N2O. The zero-order valence-electron chi connectivity index (χ0n) is 5.99. The van der Waals surface area contributed by atoms with E-state index < -0.39 is 0 Å². The normalized spacial score (nSPS) is 13.5. The topological polar surface area (TPSA) is 51.2 Å². The Balaban J connectivity index is 2.82. The molecule has 0 saturated carbocycles.